The third-order valence-corrected chi connectivity index (χ3v) is 6.40. The SMILES string of the molecule is NC(c1cncc2ccccc12)C1CCCCS1(=O)=O. The molecule has 2 N–H and O–H groups in total. The molecule has 2 heterocycles. The van der Waals surface area contributed by atoms with E-state index in [0.29, 0.717) is 6.42 Å². The number of aromatic nitrogens is 1. The van der Waals surface area contributed by atoms with Crippen molar-refractivity contribution in [3.63, 3.8) is 0 Å². The summed E-state index contributed by atoms with van der Waals surface area (Å²) in [6.45, 7) is 0. The van der Waals surface area contributed by atoms with Gasteiger partial charge in [-0.25, -0.2) is 8.42 Å². The van der Waals surface area contributed by atoms with E-state index in [9.17, 15) is 8.42 Å². The summed E-state index contributed by atoms with van der Waals surface area (Å²) in [5, 5.41) is 1.51. The molecule has 3 rings (SSSR count). The lowest BCUT2D eigenvalue weighted by atomic mass is 9.97. The van der Waals surface area contributed by atoms with Crippen LogP contribution in [0.3, 0.4) is 0 Å². The first-order valence-corrected chi connectivity index (χ1v) is 8.61. The number of rotatable bonds is 2. The first-order chi connectivity index (χ1) is 9.59. The van der Waals surface area contributed by atoms with Gasteiger partial charge in [0.2, 0.25) is 0 Å². The van der Waals surface area contributed by atoms with Gasteiger partial charge in [0, 0.05) is 23.8 Å². The van der Waals surface area contributed by atoms with E-state index < -0.39 is 21.1 Å². The van der Waals surface area contributed by atoms with Crippen LogP contribution in [0.5, 0.6) is 0 Å². The number of pyridine rings is 1. The quantitative estimate of drug-likeness (QED) is 0.920. The van der Waals surface area contributed by atoms with Crippen LogP contribution in [-0.4, -0.2) is 24.4 Å². The van der Waals surface area contributed by atoms with Crippen molar-refractivity contribution in [2.45, 2.75) is 30.6 Å². The van der Waals surface area contributed by atoms with Gasteiger partial charge in [0.15, 0.2) is 9.84 Å². The largest absolute Gasteiger partial charge is 0.323 e. The summed E-state index contributed by atoms with van der Waals surface area (Å²) in [6.07, 6.45) is 5.81. The van der Waals surface area contributed by atoms with Gasteiger partial charge in [0.1, 0.15) is 0 Å². The van der Waals surface area contributed by atoms with Gasteiger partial charge in [0.05, 0.1) is 11.0 Å². The molecule has 1 aliphatic heterocycles. The molecule has 2 atom stereocenters. The Morgan fingerprint density at radius 1 is 1.20 bits per heavy atom. The molecule has 2 aromatic rings. The lowest BCUT2D eigenvalue weighted by molar-refractivity contribution is 0.505. The van der Waals surface area contributed by atoms with Gasteiger partial charge in [-0.2, -0.15) is 0 Å². The van der Waals surface area contributed by atoms with Crippen LogP contribution < -0.4 is 5.73 Å². The Bertz CT molecular complexity index is 722. The summed E-state index contributed by atoms with van der Waals surface area (Å²) in [4.78, 5) is 4.20. The lowest BCUT2D eigenvalue weighted by Gasteiger charge is -2.28. The van der Waals surface area contributed by atoms with Gasteiger partial charge >= 0.3 is 0 Å². The zero-order valence-electron chi connectivity index (χ0n) is 11.2. The van der Waals surface area contributed by atoms with Crippen molar-refractivity contribution in [2.75, 3.05) is 5.75 Å². The first kappa shape index (κ1) is 13.5. The molecule has 2 unspecified atom stereocenters. The number of hydrogen-bond donors (Lipinski definition) is 1. The predicted molar refractivity (Wildman–Crippen MR) is 80.1 cm³/mol. The van der Waals surface area contributed by atoms with Gasteiger partial charge in [0.25, 0.3) is 0 Å². The van der Waals surface area contributed by atoms with Crippen molar-refractivity contribution in [3.05, 3.63) is 42.2 Å². The van der Waals surface area contributed by atoms with E-state index in [-0.39, 0.29) is 5.75 Å². The van der Waals surface area contributed by atoms with Gasteiger partial charge in [-0.05, 0) is 23.8 Å². The fraction of sp³-hybridized carbons (Fsp3) is 0.400. The minimum atomic E-state index is -3.09. The van der Waals surface area contributed by atoms with Crippen molar-refractivity contribution in [1.29, 1.82) is 0 Å². The van der Waals surface area contributed by atoms with Crippen molar-refractivity contribution < 1.29 is 8.42 Å². The van der Waals surface area contributed by atoms with Gasteiger partial charge in [-0.1, -0.05) is 30.7 Å². The number of fused-ring (bicyclic) bond motifs is 1. The van der Waals surface area contributed by atoms with Crippen LogP contribution in [0, 0.1) is 0 Å². The third-order valence-electron chi connectivity index (χ3n) is 4.09. The van der Waals surface area contributed by atoms with E-state index >= 15 is 0 Å². The highest BCUT2D eigenvalue weighted by Gasteiger charge is 2.35. The molecule has 0 amide bonds. The molecule has 0 spiro atoms. The minimum Gasteiger partial charge on any atom is -0.323 e. The van der Waals surface area contributed by atoms with E-state index in [1.165, 1.54) is 0 Å². The summed E-state index contributed by atoms with van der Waals surface area (Å²) in [7, 11) is -3.09. The summed E-state index contributed by atoms with van der Waals surface area (Å²) >= 11 is 0. The summed E-state index contributed by atoms with van der Waals surface area (Å²) in [5.41, 5.74) is 7.12. The Labute approximate surface area is 118 Å². The molecular weight excluding hydrogens is 272 g/mol. The van der Waals surface area contributed by atoms with E-state index in [4.69, 9.17) is 5.73 Å². The highest BCUT2D eigenvalue weighted by Crippen LogP contribution is 2.32. The zero-order valence-corrected chi connectivity index (χ0v) is 12.0. The second-order valence-electron chi connectivity index (χ2n) is 5.38. The summed E-state index contributed by atoms with van der Waals surface area (Å²) < 4.78 is 24.5. The fourth-order valence-electron chi connectivity index (χ4n) is 2.99. The van der Waals surface area contributed by atoms with Gasteiger partial charge < -0.3 is 5.73 Å². The maximum atomic E-state index is 12.2. The van der Waals surface area contributed by atoms with E-state index in [0.717, 1.165) is 29.2 Å². The third kappa shape index (κ3) is 2.31. The molecule has 20 heavy (non-hydrogen) atoms. The fourth-order valence-corrected chi connectivity index (χ4v) is 5.02. The van der Waals surface area contributed by atoms with E-state index in [2.05, 4.69) is 4.98 Å². The monoisotopic (exact) mass is 290 g/mol. The van der Waals surface area contributed by atoms with Gasteiger partial charge in [-0.15, -0.1) is 0 Å². The smallest absolute Gasteiger partial charge is 0.155 e. The van der Waals surface area contributed by atoms with E-state index in [1.54, 1.807) is 12.4 Å². The highest BCUT2D eigenvalue weighted by molar-refractivity contribution is 7.92. The number of hydrogen-bond acceptors (Lipinski definition) is 4. The Morgan fingerprint density at radius 2 is 2.00 bits per heavy atom. The number of nitrogens with two attached hydrogens (primary N) is 1. The van der Waals surface area contributed by atoms with Crippen molar-refractivity contribution >= 4 is 20.6 Å². The highest BCUT2D eigenvalue weighted by atomic mass is 32.2. The molecule has 1 saturated heterocycles. The molecule has 0 saturated carbocycles. The molecule has 0 radical (unpaired) electrons. The molecule has 1 aromatic heterocycles. The molecule has 5 heteroatoms. The number of benzene rings is 1. The molecule has 1 aliphatic rings. The second-order valence-corrected chi connectivity index (χ2v) is 7.72. The first-order valence-electron chi connectivity index (χ1n) is 6.89. The zero-order chi connectivity index (χ0) is 14.2. The molecular formula is C15H18N2O2S. The van der Waals surface area contributed by atoms with Crippen LogP contribution in [0.25, 0.3) is 10.8 Å². The standard InChI is InChI=1S/C15H18N2O2S/c16-15(14-7-3-4-8-20(14,18)19)13-10-17-9-11-5-1-2-6-12(11)13/h1-2,5-6,9-10,14-15H,3-4,7-8,16H2. The van der Waals surface area contributed by atoms with Gasteiger partial charge in [-0.3, -0.25) is 4.98 Å². The van der Waals surface area contributed by atoms with Crippen LogP contribution in [0.15, 0.2) is 36.7 Å². The number of sulfone groups is 1. The molecule has 106 valence electrons. The van der Waals surface area contributed by atoms with Crippen molar-refractivity contribution in [3.8, 4) is 0 Å². The van der Waals surface area contributed by atoms with Crippen molar-refractivity contribution in [2.24, 2.45) is 5.73 Å². The second kappa shape index (κ2) is 5.14. The summed E-state index contributed by atoms with van der Waals surface area (Å²) in [6, 6.07) is 7.32. The Hall–Kier alpha value is -1.46. The van der Waals surface area contributed by atoms with Crippen LogP contribution in [-0.2, 0) is 9.84 Å². The average Bonchev–Trinajstić information content (AvgIpc) is 2.45. The minimum absolute atomic E-state index is 0.254. The molecule has 1 fully saturated rings. The number of nitrogens with zero attached hydrogens (tertiary/aromatic N) is 1. The molecule has 4 nitrogen and oxygen atoms in total. The van der Waals surface area contributed by atoms with Crippen molar-refractivity contribution in [1.82, 2.24) is 4.98 Å². The Kier molecular flexibility index (Phi) is 3.48. The van der Waals surface area contributed by atoms with E-state index in [1.807, 2.05) is 24.3 Å². The predicted octanol–water partition coefficient (Wildman–Crippen LogP) is 2.20. The Balaban J connectivity index is 2.06. The lowest BCUT2D eigenvalue weighted by Crippen LogP contribution is -2.38. The topological polar surface area (TPSA) is 73.0 Å². The molecule has 0 aliphatic carbocycles. The summed E-state index contributed by atoms with van der Waals surface area (Å²) in [5.74, 6) is 0.254. The van der Waals surface area contributed by atoms with Crippen LogP contribution in [0.4, 0.5) is 0 Å². The molecule has 0 bridgehead atoms. The van der Waals surface area contributed by atoms with Crippen LogP contribution >= 0.6 is 0 Å². The Morgan fingerprint density at radius 3 is 2.80 bits per heavy atom. The van der Waals surface area contributed by atoms with Crippen LogP contribution in [0.1, 0.15) is 30.9 Å². The maximum absolute atomic E-state index is 12.2. The molecule has 1 aromatic carbocycles. The normalized spacial score (nSPS) is 23.6. The van der Waals surface area contributed by atoms with Crippen LogP contribution in [0.2, 0.25) is 0 Å². The maximum Gasteiger partial charge on any atom is 0.155 e. The average molecular weight is 290 g/mol.